The van der Waals surface area contributed by atoms with Crippen LogP contribution in [0.2, 0.25) is 0 Å². The topological polar surface area (TPSA) is 198 Å². The minimum absolute atomic E-state index is 0.0631. The SMILES string of the molecule is CN(C(=O)c1cc(N2CC[C@H](CN3CCC(C(=O)N4CCN5C(/C=C(\N)c6cc(F)ccc6O)=C(N)NCC5C4)CC3)C(F)C2)ccc1C=O)C1CCC(=O)NC1=O. The molecule has 5 aliphatic heterocycles. The number of likely N-dealkylation sites (N-methyl/N-ethyl adjacent to an activating group) is 1. The van der Waals surface area contributed by atoms with Crippen molar-refractivity contribution in [1.82, 2.24) is 30.2 Å². The van der Waals surface area contributed by atoms with Crippen LogP contribution in [0.4, 0.5) is 14.5 Å². The minimum atomic E-state index is -1.14. The molecular weight excluding hydrogens is 753 g/mol. The number of carbonyl (C=O) groups is 5. The van der Waals surface area contributed by atoms with Crippen LogP contribution in [0.3, 0.4) is 0 Å². The van der Waals surface area contributed by atoms with Crippen LogP contribution in [-0.2, 0) is 14.4 Å². The van der Waals surface area contributed by atoms with E-state index in [1.165, 1.54) is 30.1 Å². The Labute approximate surface area is 335 Å². The Morgan fingerprint density at radius 2 is 1.78 bits per heavy atom. The second kappa shape index (κ2) is 17.0. The van der Waals surface area contributed by atoms with Crippen molar-refractivity contribution in [2.24, 2.45) is 23.3 Å². The van der Waals surface area contributed by atoms with Gasteiger partial charge in [-0.15, -0.1) is 0 Å². The molecule has 2 aromatic carbocycles. The van der Waals surface area contributed by atoms with Gasteiger partial charge < -0.3 is 46.4 Å². The number of aldehydes is 1. The summed E-state index contributed by atoms with van der Waals surface area (Å²) in [7, 11) is 1.47. The molecular formula is C41H51F2N9O6. The van der Waals surface area contributed by atoms with E-state index in [4.69, 9.17) is 11.5 Å². The quantitative estimate of drug-likeness (QED) is 0.181. The average Bonchev–Trinajstić information content (AvgIpc) is 3.22. The smallest absolute Gasteiger partial charge is 0.255 e. The molecule has 2 aromatic rings. The maximum atomic E-state index is 15.8. The Morgan fingerprint density at radius 1 is 1.00 bits per heavy atom. The third-order valence-corrected chi connectivity index (χ3v) is 12.3. The highest BCUT2D eigenvalue weighted by atomic mass is 19.1. The predicted molar refractivity (Wildman–Crippen MR) is 211 cm³/mol. The Balaban J connectivity index is 0.896. The molecule has 58 heavy (non-hydrogen) atoms. The first-order valence-corrected chi connectivity index (χ1v) is 19.9. The summed E-state index contributed by atoms with van der Waals surface area (Å²) >= 11 is 0. The van der Waals surface area contributed by atoms with Crippen molar-refractivity contribution in [3.05, 3.63) is 76.5 Å². The molecule has 0 aromatic heterocycles. The normalized spacial score (nSPS) is 24.9. The number of aromatic hydroxyl groups is 1. The summed E-state index contributed by atoms with van der Waals surface area (Å²) in [5.74, 6) is -1.96. The largest absolute Gasteiger partial charge is 0.507 e. The van der Waals surface area contributed by atoms with Gasteiger partial charge in [0.2, 0.25) is 17.7 Å². The summed E-state index contributed by atoms with van der Waals surface area (Å²) in [5.41, 5.74) is 14.4. The maximum Gasteiger partial charge on any atom is 0.255 e. The number of piperidine rings is 3. The molecule has 5 heterocycles. The number of nitrogens with one attached hydrogen (secondary N) is 2. The number of rotatable bonds is 9. The standard InChI is InChI=1S/C41H51F2N9O6/c1-48(34-5-7-37(55)47-39(34)56)41(58)30-17-28(4-2-26(30)23-53)50-13-10-25(32(43)22-50)20-49-11-8-24(9-12-49)40(57)51-14-15-52-29(21-51)19-46-38(45)35(52)18-33(44)31-16-27(42)3-6-36(31)54/h2-4,6,16-18,23-25,29,32,34,46,54H,5,7-15,19-22,44-45H2,1H3,(H,47,55,56)/b33-18-/t25-,29?,32?,34?/m1/s1. The summed E-state index contributed by atoms with van der Waals surface area (Å²) in [6.45, 7) is 4.68. The molecule has 0 saturated carbocycles. The Morgan fingerprint density at radius 3 is 2.50 bits per heavy atom. The summed E-state index contributed by atoms with van der Waals surface area (Å²) in [4.78, 5) is 72.5. The van der Waals surface area contributed by atoms with Gasteiger partial charge in [0.05, 0.1) is 17.3 Å². The second-order valence-corrected chi connectivity index (χ2v) is 15.9. The van der Waals surface area contributed by atoms with Gasteiger partial charge in [0.25, 0.3) is 5.91 Å². The summed E-state index contributed by atoms with van der Waals surface area (Å²) in [5, 5.41) is 15.7. The van der Waals surface area contributed by atoms with Gasteiger partial charge in [0.15, 0.2) is 6.29 Å². The van der Waals surface area contributed by atoms with Gasteiger partial charge in [-0.2, -0.15) is 0 Å². The zero-order chi connectivity index (χ0) is 41.2. The fraction of sp³-hybridized carbons (Fsp3) is 0.488. The van der Waals surface area contributed by atoms with Gasteiger partial charge >= 0.3 is 0 Å². The highest BCUT2D eigenvalue weighted by Crippen LogP contribution is 2.32. The zero-order valence-electron chi connectivity index (χ0n) is 32.5. The molecule has 7 N–H and O–H groups in total. The molecule has 0 radical (unpaired) electrons. The van der Waals surface area contributed by atoms with E-state index in [9.17, 15) is 33.5 Å². The summed E-state index contributed by atoms with van der Waals surface area (Å²) in [6, 6.07) is 7.47. The third-order valence-electron chi connectivity index (χ3n) is 12.3. The number of phenols is 1. The highest BCUT2D eigenvalue weighted by Gasteiger charge is 2.39. The van der Waals surface area contributed by atoms with Crippen molar-refractivity contribution in [3.63, 3.8) is 0 Å². The predicted octanol–water partition coefficient (Wildman–Crippen LogP) is 1.34. The van der Waals surface area contributed by atoms with Crippen molar-refractivity contribution in [2.75, 3.05) is 70.9 Å². The fourth-order valence-corrected chi connectivity index (χ4v) is 8.90. The fourth-order valence-electron chi connectivity index (χ4n) is 8.90. The number of imide groups is 1. The molecule has 4 fully saturated rings. The molecule has 4 atom stereocenters. The number of benzene rings is 2. The number of nitrogens with two attached hydrogens (primary N) is 2. The molecule has 4 saturated heterocycles. The van der Waals surface area contributed by atoms with Crippen LogP contribution in [-0.4, -0.2) is 139 Å². The Bertz CT molecular complexity index is 2020. The average molecular weight is 804 g/mol. The van der Waals surface area contributed by atoms with E-state index >= 15 is 4.39 Å². The number of phenolic OH excluding ortho intramolecular Hbond substituents is 1. The molecule has 0 aliphatic carbocycles. The second-order valence-electron chi connectivity index (χ2n) is 15.9. The van der Waals surface area contributed by atoms with Gasteiger partial charge in [-0.05, 0) is 81.2 Å². The van der Waals surface area contributed by atoms with Crippen molar-refractivity contribution in [2.45, 2.75) is 50.4 Å². The molecule has 310 valence electrons. The molecule has 3 unspecified atom stereocenters. The lowest BCUT2D eigenvalue weighted by atomic mass is 9.90. The number of carbonyl (C=O) groups excluding carboxylic acids is 5. The molecule has 5 aliphatic rings. The van der Waals surface area contributed by atoms with Crippen LogP contribution in [0.5, 0.6) is 5.75 Å². The van der Waals surface area contributed by atoms with E-state index in [0.717, 1.165) is 6.07 Å². The van der Waals surface area contributed by atoms with Gasteiger partial charge in [-0.1, -0.05) is 0 Å². The van der Waals surface area contributed by atoms with E-state index < -0.39 is 35.8 Å². The number of hydrogen-bond donors (Lipinski definition) is 5. The molecule has 4 amide bonds. The van der Waals surface area contributed by atoms with Crippen molar-refractivity contribution in [1.29, 1.82) is 0 Å². The van der Waals surface area contributed by atoms with Gasteiger partial charge in [0.1, 0.15) is 29.6 Å². The van der Waals surface area contributed by atoms with Crippen LogP contribution < -0.4 is 27.0 Å². The molecule has 7 rings (SSSR count). The molecule has 15 nitrogen and oxygen atoms in total. The molecule has 17 heteroatoms. The number of fused-ring (bicyclic) bond motifs is 1. The van der Waals surface area contributed by atoms with Gasteiger partial charge in [-0.25, -0.2) is 8.78 Å². The van der Waals surface area contributed by atoms with Gasteiger partial charge in [-0.3, -0.25) is 29.3 Å². The van der Waals surface area contributed by atoms with E-state index in [0.29, 0.717) is 95.1 Å². The molecule has 0 bridgehead atoms. The maximum absolute atomic E-state index is 15.8. The highest BCUT2D eigenvalue weighted by molar-refractivity contribution is 6.06. The number of alkyl halides is 1. The van der Waals surface area contributed by atoms with Crippen LogP contribution in [0.1, 0.15) is 58.4 Å². The number of amides is 4. The van der Waals surface area contributed by atoms with E-state index in [-0.39, 0.29) is 71.3 Å². The number of likely N-dealkylation sites (tertiary alicyclic amines) is 1. The lowest BCUT2D eigenvalue weighted by Crippen LogP contribution is -2.61. The lowest BCUT2D eigenvalue weighted by Gasteiger charge is -2.47. The zero-order valence-corrected chi connectivity index (χ0v) is 32.5. The lowest BCUT2D eigenvalue weighted by molar-refractivity contribution is -0.140. The number of hydrogen-bond acceptors (Lipinski definition) is 12. The number of allylic oxidation sites excluding steroid dienone is 1. The van der Waals surface area contributed by atoms with E-state index in [1.54, 1.807) is 18.2 Å². The van der Waals surface area contributed by atoms with Crippen LogP contribution in [0.15, 0.2) is 54.0 Å². The summed E-state index contributed by atoms with van der Waals surface area (Å²) < 4.78 is 29.7. The number of anilines is 1. The van der Waals surface area contributed by atoms with Crippen molar-refractivity contribution >= 4 is 41.3 Å². The van der Waals surface area contributed by atoms with Crippen LogP contribution in [0, 0.1) is 17.7 Å². The van der Waals surface area contributed by atoms with Crippen LogP contribution in [0.25, 0.3) is 5.70 Å². The first-order valence-electron chi connectivity index (χ1n) is 19.9. The Hall–Kier alpha value is -5.71. The number of nitrogens with zero attached hydrogens (tertiary/aromatic N) is 5. The first kappa shape index (κ1) is 40.5. The van der Waals surface area contributed by atoms with Crippen LogP contribution >= 0.6 is 0 Å². The summed E-state index contributed by atoms with van der Waals surface area (Å²) in [6.07, 6.45) is 3.30. The third kappa shape index (κ3) is 8.44. The van der Waals surface area contributed by atoms with Crippen molar-refractivity contribution < 1.29 is 37.9 Å². The minimum Gasteiger partial charge on any atom is -0.507 e. The van der Waals surface area contributed by atoms with Crippen molar-refractivity contribution in [3.8, 4) is 5.75 Å². The monoisotopic (exact) mass is 803 g/mol. The van der Waals surface area contributed by atoms with E-state index in [1.807, 2.05) is 9.80 Å². The number of halogens is 2. The molecule has 0 spiro atoms. The first-order chi connectivity index (χ1) is 27.8. The number of piperazine rings is 1. The Kier molecular flexibility index (Phi) is 11.9. The van der Waals surface area contributed by atoms with E-state index in [2.05, 4.69) is 20.4 Å². The van der Waals surface area contributed by atoms with Gasteiger partial charge in [0, 0.05) is 93.6 Å².